The van der Waals surface area contributed by atoms with Crippen LogP contribution in [0.25, 0.3) is 0 Å². The maximum Gasteiger partial charge on any atom is 0.416 e. The molecule has 0 spiro atoms. The lowest BCUT2D eigenvalue weighted by Gasteiger charge is -2.29. The summed E-state index contributed by atoms with van der Waals surface area (Å²) in [6.07, 6.45) is -2.33. The van der Waals surface area contributed by atoms with Crippen molar-refractivity contribution in [3.8, 4) is 0 Å². The SMILES string of the molecule is NC1c2ccoc2N=CN1c1ccc(NS(=O)(=O)c2c(Cl)cc(C(F)(F)F)cc2Cl)cc1. The molecule has 4 rings (SSSR count). The van der Waals surface area contributed by atoms with Crippen LogP contribution in [0.5, 0.6) is 0 Å². The molecule has 0 amide bonds. The maximum absolute atomic E-state index is 12.9. The van der Waals surface area contributed by atoms with Gasteiger partial charge in [-0.15, -0.1) is 0 Å². The van der Waals surface area contributed by atoms with Gasteiger partial charge < -0.3 is 15.1 Å². The number of nitrogens with zero attached hydrogens (tertiary/aromatic N) is 2. The Morgan fingerprint density at radius 2 is 1.72 bits per heavy atom. The highest BCUT2D eigenvalue weighted by Gasteiger charge is 2.34. The van der Waals surface area contributed by atoms with E-state index in [1.54, 1.807) is 23.1 Å². The molecule has 0 aliphatic carbocycles. The fourth-order valence-corrected chi connectivity index (χ4v) is 5.37. The van der Waals surface area contributed by atoms with E-state index in [-0.39, 0.29) is 5.69 Å². The second-order valence-electron chi connectivity index (χ2n) is 6.70. The number of rotatable bonds is 4. The first kappa shape index (κ1) is 22.5. The van der Waals surface area contributed by atoms with Gasteiger partial charge in [-0.25, -0.2) is 13.4 Å². The third-order valence-electron chi connectivity index (χ3n) is 4.60. The van der Waals surface area contributed by atoms with E-state index >= 15 is 0 Å². The minimum Gasteiger partial charge on any atom is -0.446 e. The number of aliphatic imine (C=N–C) groups is 1. The molecule has 0 fully saturated rings. The summed E-state index contributed by atoms with van der Waals surface area (Å²) in [4.78, 5) is 5.16. The molecule has 0 saturated heterocycles. The molecule has 7 nitrogen and oxygen atoms in total. The lowest BCUT2D eigenvalue weighted by atomic mass is 10.2. The second-order valence-corrected chi connectivity index (χ2v) is 9.13. The van der Waals surface area contributed by atoms with E-state index in [0.717, 1.165) is 0 Å². The van der Waals surface area contributed by atoms with E-state index in [1.165, 1.54) is 24.7 Å². The zero-order chi connectivity index (χ0) is 23.3. The van der Waals surface area contributed by atoms with Crippen LogP contribution < -0.4 is 15.4 Å². The van der Waals surface area contributed by atoms with Crippen molar-refractivity contribution in [2.24, 2.45) is 10.7 Å². The Morgan fingerprint density at radius 1 is 1.09 bits per heavy atom. The van der Waals surface area contributed by atoms with Crippen molar-refractivity contribution in [3.63, 3.8) is 0 Å². The van der Waals surface area contributed by atoms with Gasteiger partial charge in [0, 0.05) is 11.4 Å². The molecule has 168 valence electrons. The van der Waals surface area contributed by atoms with Gasteiger partial charge in [-0.05, 0) is 42.5 Å². The van der Waals surface area contributed by atoms with E-state index in [0.29, 0.717) is 29.3 Å². The van der Waals surface area contributed by atoms with E-state index in [9.17, 15) is 21.6 Å². The Bertz CT molecular complexity index is 1290. The van der Waals surface area contributed by atoms with Gasteiger partial charge in [0.2, 0.25) is 5.88 Å². The number of benzene rings is 2. The van der Waals surface area contributed by atoms with Crippen molar-refractivity contribution in [3.05, 3.63) is 69.9 Å². The summed E-state index contributed by atoms with van der Waals surface area (Å²) >= 11 is 11.6. The monoisotopic (exact) mass is 504 g/mol. The molecule has 2 heterocycles. The molecule has 3 aromatic rings. The van der Waals surface area contributed by atoms with Gasteiger partial charge in [-0.2, -0.15) is 13.2 Å². The van der Waals surface area contributed by atoms with Crippen molar-refractivity contribution < 1.29 is 26.0 Å². The van der Waals surface area contributed by atoms with Crippen LogP contribution >= 0.6 is 23.2 Å². The first-order chi connectivity index (χ1) is 15.0. The Labute approximate surface area is 190 Å². The summed E-state index contributed by atoms with van der Waals surface area (Å²) in [6, 6.07) is 8.78. The molecule has 0 bridgehead atoms. The lowest BCUT2D eigenvalue weighted by Crippen LogP contribution is -2.35. The Balaban J connectivity index is 1.58. The summed E-state index contributed by atoms with van der Waals surface area (Å²) in [5.41, 5.74) is 6.48. The van der Waals surface area contributed by atoms with Crippen LogP contribution in [-0.2, 0) is 16.2 Å². The largest absolute Gasteiger partial charge is 0.446 e. The minimum absolute atomic E-state index is 0.132. The van der Waals surface area contributed by atoms with E-state index < -0.39 is 42.9 Å². The van der Waals surface area contributed by atoms with Crippen LogP contribution in [0.1, 0.15) is 17.3 Å². The molecule has 0 saturated carbocycles. The molecule has 1 aromatic heterocycles. The van der Waals surface area contributed by atoms with Crippen LogP contribution in [0.15, 0.2) is 63.0 Å². The van der Waals surface area contributed by atoms with Gasteiger partial charge in [-0.3, -0.25) is 4.72 Å². The van der Waals surface area contributed by atoms with E-state index in [1.807, 2.05) is 0 Å². The Kier molecular flexibility index (Phi) is 5.61. The van der Waals surface area contributed by atoms with E-state index in [2.05, 4.69) is 9.71 Å². The fraction of sp³-hybridized carbons (Fsp3) is 0.105. The summed E-state index contributed by atoms with van der Waals surface area (Å²) in [7, 11) is -4.38. The van der Waals surface area contributed by atoms with Crippen LogP contribution in [0.2, 0.25) is 10.0 Å². The smallest absolute Gasteiger partial charge is 0.416 e. The summed E-state index contributed by atoms with van der Waals surface area (Å²) in [5.74, 6) is 0.406. The van der Waals surface area contributed by atoms with Crippen LogP contribution in [0.3, 0.4) is 0 Å². The van der Waals surface area contributed by atoms with Gasteiger partial charge in [0.15, 0.2) is 0 Å². The highest BCUT2D eigenvalue weighted by molar-refractivity contribution is 7.93. The molecule has 32 heavy (non-hydrogen) atoms. The lowest BCUT2D eigenvalue weighted by molar-refractivity contribution is -0.137. The normalized spacial score (nSPS) is 16.2. The standard InChI is InChI=1S/C19H13Cl2F3N4O3S/c20-14-7-10(19(22,23)24)8-15(21)16(14)32(29,30)27-11-1-3-12(4-2-11)28-9-26-18-13(17(28)25)5-6-31-18/h1-9,17,27H,25H2. The summed E-state index contributed by atoms with van der Waals surface area (Å²) in [5, 5.41) is -1.30. The number of hydrogen-bond acceptors (Lipinski definition) is 6. The number of nitrogens with one attached hydrogen (secondary N) is 1. The average molecular weight is 505 g/mol. The maximum atomic E-state index is 12.9. The number of hydrogen-bond donors (Lipinski definition) is 2. The summed E-state index contributed by atoms with van der Waals surface area (Å²) < 4.78 is 71.6. The molecular formula is C19H13Cl2F3N4O3S. The molecule has 13 heteroatoms. The number of sulfonamides is 1. The summed E-state index contributed by atoms with van der Waals surface area (Å²) in [6.45, 7) is 0. The first-order valence-electron chi connectivity index (χ1n) is 8.82. The number of halogens is 5. The molecule has 1 unspecified atom stereocenters. The molecule has 1 atom stereocenters. The third-order valence-corrected chi connectivity index (χ3v) is 6.91. The molecular weight excluding hydrogens is 492 g/mol. The highest BCUT2D eigenvalue weighted by atomic mass is 35.5. The number of fused-ring (bicyclic) bond motifs is 1. The van der Waals surface area contributed by atoms with Crippen LogP contribution in [0.4, 0.5) is 30.4 Å². The number of nitrogens with two attached hydrogens (primary N) is 1. The van der Waals surface area contributed by atoms with Gasteiger partial charge in [0.25, 0.3) is 10.0 Å². The molecule has 0 radical (unpaired) electrons. The predicted molar refractivity (Wildman–Crippen MR) is 115 cm³/mol. The Hall–Kier alpha value is -2.73. The molecule has 1 aliphatic rings. The number of furan rings is 1. The van der Waals surface area contributed by atoms with Crippen LogP contribution in [0, 0.1) is 0 Å². The molecule has 3 N–H and O–H groups in total. The van der Waals surface area contributed by atoms with Crippen LogP contribution in [-0.4, -0.2) is 14.8 Å². The molecule has 2 aromatic carbocycles. The van der Waals surface area contributed by atoms with Gasteiger partial charge in [0.1, 0.15) is 17.4 Å². The quantitative estimate of drug-likeness (QED) is 0.485. The average Bonchev–Trinajstić information content (AvgIpc) is 3.17. The van der Waals surface area contributed by atoms with Crippen molar-refractivity contribution in [1.82, 2.24) is 0 Å². The minimum atomic E-state index is -4.73. The zero-order valence-electron chi connectivity index (χ0n) is 15.8. The highest BCUT2D eigenvalue weighted by Crippen LogP contribution is 2.39. The van der Waals surface area contributed by atoms with Crippen molar-refractivity contribution in [2.45, 2.75) is 17.2 Å². The molecule has 1 aliphatic heterocycles. The van der Waals surface area contributed by atoms with Gasteiger partial charge in [-0.1, -0.05) is 23.2 Å². The number of alkyl halides is 3. The first-order valence-corrected chi connectivity index (χ1v) is 11.1. The zero-order valence-corrected chi connectivity index (χ0v) is 18.1. The topological polar surface area (TPSA) is 101 Å². The van der Waals surface area contributed by atoms with Gasteiger partial charge >= 0.3 is 6.18 Å². The van der Waals surface area contributed by atoms with Crippen molar-refractivity contribution in [2.75, 3.05) is 9.62 Å². The van der Waals surface area contributed by atoms with E-state index in [4.69, 9.17) is 33.4 Å². The predicted octanol–water partition coefficient (Wildman–Crippen LogP) is 5.54. The Morgan fingerprint density at radius 3 is 2.31 bits per heavy atom. The van der Waals surface area contributed by atoms with Crippen molar-refractivity contribution >= 4 is 56.8 Å². The third kappa shape index (κ3) is 4.16. The fourth-order valence-electron chi connectivity index (χ4n) is 3.09. The van der Waals surface area contributed by atoms with Crippen molar-refractivity contribution in [1.29, 1.82) is 0 Å². The second kappa shape index (κ2) is 8.00. The number of anilines is 2. The van der Waals surface area contributed by atoms with Gasteiger partial charge in [0.05, 0.1) is 27.4 Å².